The normalized spacial score (nSPS) is 15.6. The van der Waals surface area contributed by atoms with Gasteiger partial charge in [-0.1, -0.05) is 42.5 Å². The lowest BCUT2D eigenvalue weighted by molar-refractivity contribution is -0.145. The maximum Gasteiger partial charge on any atom is 0.308 e. The number of esters is 1. The highest BCUT2D eigenvalue weighted by Gasteiger charge is 2.29. The molecule has 0 aliphatic heterocycles. The molecule has 1 aromatic heterocycles. The van der Waals surface area contributed by atoms with Gasteiger partial charge in [0.05, 0.1) is 36.4 Å². The van der Waals surface area contributed by atoms with Crippen molar-refractivity contribution in [3.8, 4) is 11.1 Å². The van der Waals surface area contributed by atoms with Crippen LogP contribution in [0.5, 0.6) is 0 Å². The van der Waals surface area contributed by atoms with E-state index in [-0.39, 0.29) is 25.3 Å². The molecule has 0 bridgehead atoms. The Morgan fingerprint density at radius 1 is 1.18 bits per heavy atom. The van der Waals surface area contributed by atoms with Crippen LogP contribution < -0.4 is 0 Å². The summed E-state index contributed by atoms with van der Waals surface area (Å²) in [6, 6.07) is 14.3. The summed E-state index contributed by atoms with van der Waals surface area (Å²) in [5, 5.41) is 21.6. The summed E-state index contributed by atoms with van der Waals surface area (Å²) in [6.07, 6.45) is 3.47. The number of hydrogen-bond acceptors (Lipinski definition) is 5. The highest BCUT2D eigenvalue weighted by molar-refractivity contribution is 5.99. The third-order valence-corrected chi connectivity index (χ3v) is 5.76. The van der Waals surface area contributed by atoms with Gasteiger partial charge in [-0.15, -0.1) is 0 Å². The Morgan fingerprint density at radius 2 is 1.91 bits per heavy atom. The Hall–Kier alpha value is -3.09. The molecule has 33 heavy (non-hydrogen) atoms. The Morgan fingerprint density at radius 3 is 2.61 bits per heavy atom. The minimum atomic E-state index is -1.00. The Kier molecular flexibility index (Phi) is 7.16. The molecule has 5 nitrogen and oxygen atoms in total. The van der Waals surface area contributed by atoms with E-state index in [1.165, 1.54) is 12.1 Å². The average Bonchev–Trinajstić information content (AvgIpc) is 3.63. The largest absolute Gasteiger partial charge is 0.466 e. The van der Waals surface area contributed by atoms with Crippen molar-refractivity contribution in [2.24, 2.45) is 0 Å². The highest BCUT2D eigenvalue weighted by atomic mass is 19.1. The first-order chi connectivity index (χ1) is 16.0. The topological polar surface area (TPSA) is 79.7 Å². The SMILES string of the molecule is CCOC(=O)C[C@H](O)C[C@H](O)/C=C\c1c(C2CC2)nc2ccccc2c1-c1ccc(F)cc1. The molecule has 1 aliphatic carbocycles. The van der Waals surface area contributed by atoms with E-state index in [2.05, 4.69) is 0 Å². The first-order valence-corrected chi connectivity index (χ1v) is 11.3. The number of nitrogens with zero attached hydrogens (tertiary/aromatic N) is 1. The zero-order chi connectivity index (χ0) is 23.4. The molecular formula is C27H28FNO4. The second kappa shape index (κ2) is 10.2. The van der Waals surface area contributed by atoms with Crippen LogP contribution in [0.1, 0.15) is 49.8 Å². The minimum absolute atomic E-state index is 0.0148. The number of pyridine rings is 1. The van der Waals surface area contributed by atoms with Gasteiger partial charge in [-0.05, 0) is 43.5 Å². The van der Waals surface area contributed by atoms with Crippen molar-refractivity contribution >= 4 is 22.9 Å². The van der Waals surface area contributed by atoms with E-state index < -0.39 is 18.2 Å². The predicted octanol–water partition coefficient (Wildman–Crippen LogP) is 5.00. The van der Waals surface area contributed by atoms with Crippen LogP contribution in [0.25, 0.3) is 28.1 Å². The highest BCUT2D eigenvalue weighted by Crippen LogP contribution is 2.45. The van der Waals surface area contributed by atoms with E-state index in [9.17, 15) is 19.4 Å². The number of carbonyl (C=O) groups excluding carboxylic acids is 1. The summed E-state index contributed by atoms with van der Waals surface area (Å²) < 4.78 is 18.5. The van der Waals surface area contributed by atoms with Gasteiger partial charge in [-0.2, -0.15) is 0 Å². The Balaban J connectivity index is 1.70. The van der Waals surface area contributed by atoms with Crippen LogP contribution in [0.15, 0.2) is 54.6 Å². The summed E-state index contributed by atoms with van der Waals surface area (Å²) in [6.45, 7) is 1.95. The van der Waals surface area contributed by atoms with Crippen LogP contribution in [0, 0.1) is 5.82 Å². The van der Waals surface area contributed by atoms with Crippen molar-refractivity contribution in [3.05, 3.63) is 71.7 Å². The lowest BCUT2D eigenvalue weighted by atomic mass is 9.92. The summed E-state index contributed by atoms with van der Waals surface area (Å²) in [7, 11) is 0. The van der Waals surface area contributed by atoms with Crippen molar-refractivity contribution in [1.82, 2.24) is 4.98 Å². The fraction of sp³-hybridized carbons (Fsp3) is 0.333. The molecule has 0 unspecified atom stereocenters. The van der Waals surface area contributed by atoms with Gasteiger partial charge >= 0.3 is 5.97 Å². The molecule has 1 heterocycles. The summed E-state index contributed by atoms with van der Waals surface area (Å²) >= 11 is 0. The second-order valence-corrected chi connectivity index (χ2v) is 8.41. The van der Waals surface area contributed by atoms with E-state index >= 15 is 0 Å². The molecule has 0 radical (unpaired) electrons. The number of para-hydroxylation sites is 1. The fourth-order valence-corrected chi connectivity index (χ4v) is 4.07. The van der Waals surface area contributed by atoms with Crippen LogP contribution in [0.3, 0.4) is 0 Å². The number of aromatic nitrogens is 1. The van der Waals surface area contributed by atoms with Crippen LogP contribution >= 0.6 is 0 Å². The second-order valence-electron chi connectivity index (χ2n) is 8.41. The smallest absolute Gasteiger partial charge is 0.308 e. The molecule has 4 rings (SSSR count). The first kappa shape index (κ1) is 23.1. The zero-order valence-electron chi connectivity index (χ0n) is 18.6. The lowest BCUT2D eigenvalue weighted by Crippen LogP contribution is -2.20. The van der Waals surface area contributed by atoms with E-state index in [4.69, 9.17) is 9.72 Å². The quantitative estimate of drug-likeness (QED) is 0.450. The molecule has 2 atom stereocenters. The van der Waals surface area contributed by atoms with E-state index in [1.54, 1.807) is 25.1 Å². The average molecular weight is 450 g/mol. The molecule has 0 spiro atoms. The van der Waals surface area contributed by atoms with Crippen molar-refractivity contribution in [1.29, 1.82) is 0 Å². The van der Waals surface area contributed by atoms with E-state index in [0.29, 0.717) is 5.92 Å². The van der Waals surface area contributed by atoms with E-state index in [0.717, 1.165) is 46.1 Å². The number of carbonyl (C=O) groups is 1. The van der Waals surface area contributed by atoms with Crippen LogP contribution in [0.2, 0.25) is 0 Å². The molecule has 1 aliphatic rings. The number of halogens is 1. The van der Waals surface area contributed by atoms with Gasteiger partial charge in [0.1, 0.15) is 5.82 Å². The maximum atomic E-state index is 13.6. The maximum absolute atomic E-state index is 13.6. The zero-order valence-corrected chi connectivity index (χ0v) is 18.6. The fourth-order valence-electron chi connectivity index (χ4n) is 4.07. The van der Waals surface area contributed by atoms with Gasteiger partial charge in [-0.3, -0.25) is 9.78 Å². The molecule has 2 aromatic carbocycles. The molecule has 172 valence electrons. The Bertz CT molecular complexity index is 1150. The standard InChI is InChI=1S/C27H28FNO4/c1-2-33-25(32)16-21(31)15-20(30)13-14-23-26(17-9-11-19(28)12-10-17)22-5-3-4-6-24(22)29-27(23)18-7-8-18/h3-6,9-14,18,20-21,30-31H,2,7-8,15-16H2,1H3/b14-13-/t20-,21-/m1/s1. The summed E-state index contributed by atoms with van der Waals surface area (Å²) in [5.74, 6) is -0.447. The molecule has 0 saturated heterocycles. The monoisotopic (exact) mass is 449 g/mol. The van der Waals surface area contributed by atoms with Gasteiger partial charge < -0.3 is 14.9 Å². The number of hydrogen-bond donors (Lipinski definition) is 2. The van der Waals surface area contributed by atoms with Crippen LogP contribution in [-0.4, -0.2) is 40.0 Å². The lowest BCUT2D eigenvalue weighted by Gasteiger charge is -2.16. The van der Waals surface area contributed by atoms with Gasteiger partial charge in [-0.25, -0.2) is 4.39 Å². The molecule has 6 heteroatoms. The molecule has 3 aromatic rings. The molecule has 1 fully saturated rings. The number of aliphatic hydroxyl groups is 2. The van der Waals surface area contributed by atoms with Crippen LogP contribution in [-0.2, 0) is 9.53 Å². The van der Waals surface area contributed by atoms with Gasteiger partial charge in [0, 0.05) is 28.9 Å². The third-order valence-electron chi connectivity index (χ3n) is 5.76. The Labute approximate surface area is 192 Å². The number of rotatable bonds is 9. The van der Waals surface area contributed by atoms with E-state index in [1.807, 2.05) is 30.3 Å². The van der Waals surface area contributed by atoms with Crippen molar-refractivity contribution in [3.63, 3.8) is 0 Å². The third kappa shape index (κ3) is 5.64. The minimum Gasteiger partial charge on any atom is -0.466 e. The molecule has 2 N–H and O–H groups in total. The molecular weight excluding hydrogens is 421 g/mol. The number of benzene rings is 2. The van der Waals surface area contributed by atoms with Gasteiger partial charge in [0.2, 0.25) is 0 Å². The number of fused-ring (bicyclic) bond motifs is 1. The molecule has 0 amide bonds. The van der Waals surface area contributed by atoms with Crippen molar-refractivity contribution < 1.29 is 24.1 Å². The molecule has 1 saturated carbocycles. The number of ether oxygens (including phenoxy) is 1. The van der Waals surface area contributed by atoms with Gasteiger partial charge in [0.15, 0.2) is 0 Å². The van der Waals surface area contributed by atoms with Crippen molar-refractivity contribution in [2.75, 3.05) is 6.61 Å². The number of aliphatic hydroxyl groups excluding tert-OH is 2. The first-order valence-electron chi connectivity index (χ1n) is 11.3. The van der Waals surface area contributed by atoms with Crippen LogP contribution in [0.4, 0.5) is 4.39 Å². The summed E-state index contributed by atoms with van der Waals surface area (Å²) in [5.41, 5.74) is 4.54. The van der Waals surface area contributed by atoms with Gasteiger partial charge in [0.25, 0.3) is 0 Å². The van der Waals surface area contributed by atoms with Crippen molar-refractivity contribution in [2.45, 2.75) is 50.7 Å². The predicted molar refractivity (Wildman–Crippen MR) is 126 cm³/mol. The summed E-state index contributed by atoms with van der Waals surface area (Å²) in [4.78, 5) is 16.5.